The van der Waals surface area contributed by atoms with Gasteiger partial charge in [0.05, 0.1) is 17.5 Å². The molecule has 0 heterocycles. The maximum absolute atomic E-state index is 12.2. The molecule has 2 amide bonds. The summed E-state index contributed by atoms with van der Waals surface area (Å²) in [5.74, 6) is -0.467. The summed E-state index contributed by atoms with van der Waals surface area (Å²) in [7, 11) is -3.86. The van der Waals surface area contributed by atoms with Gasteiger partial charge in [-0.2, -0.15) is 4.72 Å². The topological polar surface area (TPSA) is 123 Å². The van der Waals surface area contributed by atoms with E-state index in [2.05, 4.69) is 15.6 Å². The zero-order chi connectivity index (χ0) is 21.3. The zero-order valence-corrected chi connectivity index (χ0v) is 16.9. The van der Waals surface area contributed by atoms with E-state index in [4.69, 9.17) is 9.47 Å². The minimum absolute atomic E-state index is 0.0325. The first-order chi connectivity index (χ1) is 13.8. The summed E-state index contributed by atoms with van der Waals surface area (Å²) in [5, 5.41) is 0. The number of hydrazine groups is 1. The fraction of sp³-hybridized carbons (Fsp3) is 0.263. The number of carbonyl (C=O) groups excluding carboxylic acids is 2. The second kappa shape index (κ2) is 10.4. The minimum Gasteiger partial charge on any atom is -0.490 e. The molecule has 0 radical (unpaired) electrons. The maximum Gasteiger partial charge on any atom is 0.276 e. The van der Waals surface area contributed by atoms with Gasteiger partial charge in [0.1, 0.15) is 0 Å². The Hall–Kier alpha value is -3.11. The Morgan fingerprint density at radius 1 is 0.931 bits per heavy atom. The molecule has 0 spiro atoms. The first kappa shape index (κ1) is 22.2. The van der Waals surface area contributed by atoms with Crippen LogP contribution in [0.15, 0.2) is 59.5 Å². The third-order valence-electron chi connectivity index (χ3n) is 3.61. The lowest BCUT2D eigenvalue weighted by atomic mass is 10.3. The summed E-state index contributed by atoms with van der Waals surface area (Å²) < 4.78 is 37.4. The molecule has 156 valence electrons. The number of rotatable bonds is 9. The van der Waals surface area contributed by atoms with Crippen LogP contribution in [0, 0.1) is 0 Å². The van der Waals surface area contributed by atoms with E-state index in [0.29, 0.717) is 18.1 Å². The number of benzene rings is 2. The highest BCUT2D eigenvalue weighted by molar-refractivity contribution is 7.89. The van der Waals surface area contributed by atoms with Crippen molar-refractivity contribution >= 4 is 21.8 Å². The SMILES string of the molecule is CCOc1ccccc1OCC(=O)NNC(=O)[C@@H](C)NS(=O)(=O)c1ccccc1. The lowest BCUT2D eigenvalue weighted by Crippen LogP contribution is -2.51. The molecule has 2 aromatic carbocycles. The first-order valence-electron chi connectivity index (χ1n) is 8.84. The Morgan fingerprint density at radius 3 is 2.14 bits per heavy atom. The van der Waals surface area contributed by atoms with Crippen molar-refractivity contribution in [2.24, 2.45) is 0 Å². The molecule has 0 aliphatic rings. The number of ether oxygens (including phenoxy) is 2. The lowest BCUT2D eigenvalue weighted by molar-refractivity contribution is -0.130. The molecule has 29 heavy (non-hydrogen) atoms. The molecular formula is C19H23N3O6S. The van der Waals surface area contributed by atoms with Gasteiger partial charge in [-0.25, -0.2) is 8.42 Å². The van der Waals surface area contributed by atoms with Gasteiger partial charge in [-0.05, 0) is 38.1 Å². The molecule has 10 heteroatoms. The van der Waals surface area contributed by atoms with Crippen molar-refractivity contribution in [3.63, 3.8) is 0 Å². The van der Waals surface area contributed by atoms with Crippen LogP contribution < -0.4 is 25.0 Å². The van der Waals surface area contributed by atoms with Crippen molar-refractivity contribution in [2.45, 2.75) is 24.8 Å². The second-order valence-corrected chi connectivity index (χ2v) is 7.58. The van der Waals surface area contributed by atoms with Crippen LogP contribution in [-0.2, 0) is 19.6 Å². The first-order valence-corrected chi connectivity index (χ1v) is 10.3. The molecule has 0 aliphatic heterocycles. The largest absolute Gasteiger partial charge is 0.490 e. The summed E-state index contributed by atoms with van der Waals surface area (Å²) in [6.45, 7) is 3.26. The summed E-state index contributed by atoms with van der Waals surface area (Å²) in [4.78, 5) is 24.0. The molecule has 0 fully saturated rings. The highest BCUT2D eigenvalue weighted by Gasteiger charge is 2.22. The number of carbonyl (C=O) groups is 2. The van der Waals surface area contributed by atoms with E-state index in [1.807, 2.05) is 6.92 Å². The third kappa shape index (κ3) is 6.77. The predicted octanol–water partition coefficient (Wildman–Crippen LogP) is 0.978. The minimum atomic E-state index is -3.86. The van der Waals surface area contributed by atoms with E-state index in [1.165, 1.54) is 19.1 Å². The second-order valence-electron chi connectivity index (χ2n) is 5.86. The van der Waals surface area contributed by atoms with Crippen molar-refractivity contribution in [3.05, 3.63) is 54.6 Å². The summed E-state index contributed by atoms with van der Waals surface area (Å²) in [5.41, 5.74) is 4.33. The molecule has 0 unspecified atom stereocenters. The highest BCUT2D eigenvalue weighted by Crippen LogP contribution is 2.26. The standard InChI is InChI=1S/C19H23N3O6S/c1-3-27-16-11-7-8-12-17(16)28-13-18(23)20-21-19(24)14(2)22-29(25,26)15-9-5-4-6-10-15/h4-12,14,22H,3,13H2,1-2H3,(H,20,23)(H,21,24)/t14-/m1/s1. The molecule has 0 saturated heterocycles. The Balaban J connectivity index is 1.82. The van der Waals surface area contributed by atoms with Gasteiger partial charge in [0.2, 0.25) is 10.0 Å². The van der Waals surface area contributed by atoms with Gasteiger partial charge in [-0.1, -0.05) is 30.3 Å². The number of nitrogens with one attached hydrogen (secondary N) is 3. The molecule has 2 aromatic rings. The van der Waals surface area contributed by atoms with Crippen LogP contribution in [0.2, 0.25) is 0 Å². The van der Waals surface area contributed by atoms with Crippen LogP contribution in [-0.4, -0.2) is 39.5 Å². The van der Waals surface area contributed by atoms with Crippen molar-refractivity contribution in [2.75, 3.05) is 13.2 Å². The number of amides is 2. The molecule has 3 N–H and O–H groups in total. The highest BCUT2D eigenvalue weighted by atomic mass is 32.2. The van der Waals surface area contributed by atoms with Gasteiger partial charge in [0, 0.05) is 0 Å². The Morgan fingerprint density at radius 2 is 1.52 bits per heavy atom. The number of hydrogen-bond acceptors (Lipinski definition) is 6. The maximum atomic E-state index is 12.2. The van der Waals surface area contributed by atoms with Crippen molar-refractivity contribution < 1.29 is 27.5 Å². The van der Waals surface area contributed by atoms with E-state index in [1.54, 1.807) is 42.5 Å². The van der Waals surface area contributed by atoms with Gasteiger partial charge in [0.25, 0.3) is 11.8 Å². The van der Waals surface area contributed by atoms with Crippen LogP contribution in [0.25, 0.3) is 0 Å². The Labute approximate surface area is 169 Å². The van der Waals surface area contributed by atoms with Crippen LogP contribution in [0.4, 0.5) is 0 Å². The van der Waals surface area contributed by atoms with Crippen molar-refractivity contribution in [3.8, 4) is 11.5 Å². The molecule has 0 aliphatic carbocycles. The summed E-state index contributed by atoms with van der Waals surface area (Å²) in [6.07, 6.45) is 0. The number of para-hydroxylation sites is 2. The molecule has 2 rings (SSSR count). The van der Waals surface area contributed by atoms with Crippen molar-refractivity contribution in [1.82, 2.24) is 15.6 Å². The van der Waals surface area contributed by atoms with E-state index < -0.39 is 27.9 Å². The van der Waals surface area contributed by atoms with Crippen LogP contribution >= 0.6 is 0 Å². The predicted molar refractivity (Wildman–Crippen MR) is 106 cm³/mol. The van der Waals surface area contributed by atoms with Crippen LogP contribution in [0.3, 0.4) is 0 Å². The average molecular weight is 421 g/mol. The molecule has 0 bridgehead atoms. The van der Waals surface area contributed by atoms with Gasteiger partial charge in [0.15, 0.2) is 18.1 Å². The molecular weight excluding hydrogens is 398 g/mol. The van der Waals surface area contributed by atoms with Gasteiger partial charge in [-0.3, -0.25) is 20.4 Å². The zero-order valence-electron chi connectivity index (χ0n) is 16.0. The number of sulfonamides is 1. The smallest absolute Gasteiger partial charge is 0.276 e. The third-order valence-corrected chi connectivity index (χ3v) is 5.17. The molecule has 0 saturated carbocycles. The van der Waals surface area contributed by atoms with E-state index in [9.17, 15) is 18.0 Å². The monoisotopic (exact) mass is 421 g/mol. The molecule has 0 aromatic heterocycles. The normalized spacial score (nSPS) is 11.9. The Bertz CT molecular complexity index is 934. The molecule has 1 atom stereocenters. The van der Waals surface area contributed by atoms with Gasteiger partial charge in [-0.15, -0.1) is 0 Å². The lowest BCUT2D eigenvalue weighted by Gasteiger charge is -2.15. The molecule has 9 nitrogen and oxygen atoms in total. The van der Waals surface area contributed by atoms with Crippen LogP contribution in [0.1, 0.15) is 13.8 Å². The van der Waals surface area contributed by atoms with Gasteiger partial charge < -0.3 is 9.47 Å². The Kier molecular flexibility index (Phi) is 7.98. The summed E-state index contributed by atoms with van der Waals surface area (Å²) >= 11 is 0. The van der Waals surface area contributed by atoms with Gasteiger partial charge >= 0.3 is 0 Å². The fourth-order valence-electron chi connectivity index (χ4n) is 2.22. The quantitative estimate of drug-likeness (QED) is 0.519. The van der Waals surface area contributed by atoms with E-state index >= 15 is 0 Å². The number of hydrogen-bond donors (Lipinski definition) is 3. The van der Waals surface area contributed by atoms with E-state index in [0.717, 1.165) is 0 Å². The van der Waals surface area contributed by atoms with Crippen LogP contribution in [0.5, 0.6) is 11.5 Å². The van der Waals surface area contributed by atoms with E-state index in [-0.39, 0.29) is 11.5 Å². The van der Waals surface area contributed by atoms with Crippen molar-refractivity contribution in [1.29, 1.82) is 0 Å². The fourth-order valence-corrected chi connectivity index (χ4v) is 3.44. The summed E-state index contributed by atoms with van der Waals surface area (Å²) in [6, 6.07) is 13.4. The average Bonchev–Trinajstić information content (AvgIpc) is 2.72.